The number of amides is 1. The van der Waals surface area contributed by atoms with Crippen molar-refractivity contribution in [3.63, 3.8) is 0 Å². The molecule has 0 atom stereocenters. The number of nitrogens with two attached hydrogens (primary N) is 1. The molecule has 2 aromatic rings. The van der Waals surface area contributed by atoms with Gasteiger partial charge >= 0.3 is 0 Å². The second kappa shape index (κ2) is 12.0. The molecule has 1 aromatic heterocycles. The van der Waals surface area contributed by atoms with Gasteiger partial charge in [0.15, 0.2) is 17.3 Å². The van der Waals surface area contributed by atoms with E-state index in [0.717, 1.165) is 56.0 Å². The Balaban J connectivity index is 1.83. The zero-order chi connectivity index (χ0) is 22.8. The van der Waals surface area contributed by atoms with Crippen molar-refractivity contribution in [3.8, 4) is 11.8 Å². The van der Waals surface area contributed by atoms with Gasteiger partial charge in [0.2, 0.25) is 0 Å². The van der Waals surface area contributed by atoms with Crippen molar-refractivity contribution in [1.29, 1.82) is 0 Å². The number of nitrogens with zero attached hydrogens (tertiary/aromatic N) is 2. The predicted octanol–water partition coefficient (Wildman–Crippen LogP) is 2.82. The highest BCUT2D eigenvalue weighted by atomic mass is 16.5. The van der Waals surface area contributed by atoms with Crippen LogP contribution in [0.3, 0.4) is 0 Å². The van der Waals surface area contributed by atoms with Crippen molar-refractivity contribution in [2.45, 2.75) is 45.6 Å². The van der Waals surface area contributed by atoms with E-state index in [1.807, 2.05) is 31.2 Å². The maximum Gasteiger partial charge on any atom is 0.271 e. The Morgan fingerprint density at radius 1 is 1.22 bits per heavy atom. The van der Waals surface area contributed by atoms with E-state index in [0.29, 0.717) is 24.6 Å². The second-order valence-corrected chi connectivity index (χ2v) is 7.65. The molecule has 0 saturated carbocycles. The van der Waals surface area contributed by atoms with Crippen molar-refractivity contribution in [1.82, 2.24) is 15.3 Å². The van der Waals surface area contributed by atoms with Crippen LogP contribution in [0.4, 0.5) is 17.3 Å². The normalized spacial score (nSPS) is 13.8. The van der Waals surface area contributed by atoms with Crippen LogP contribution in [0.1, 0.15) is 54.9 Å². The topological polar surface area (TPSA) is 114 Å². The minimum Gasteiger partial charge on any atom is -0.381 e. The SMILES string of the molecule is CCCNCC#Cc1cccc(Nc2nc(NC3CCOCC3)c(CC)nc2C(N)=O)c1. The lowest BCUT2D eigenvalue weighted by Gasteiger charge is -2.25. The first-order valence-corrected chi connectivity index (χ1v) is 11.2. The molecule has 170 valence electrons. The molecule has 32 heavy (non-hydrogen) atoms. The van der Waals surface area contributed by atoms with Crippen LogP contribution < -0.4 is 21.7 Å². The standard InChI is InChI=1S/C24H32N6O2/c1-3-12-26-13-6-8-17-7-5-9-19(16-17)28-24-21(22(25)31)29-20(4-2)23(30-24)27-18-10-14-32-15-11-18/h5,7,9,16,18,26H,3-4,10-15H2,1-2H3,(H2,25,31)(H2,27,28,30). The van der Waals surface area contributed by atoms with Gasteiger partial charge in [-0.2, -0.15) is 0 Å². The van der Waals surface area contributed by atoms with Crippen molar-refractivity contribution in [2.24, 2.45) is 5.73 Å². The summed E-state index contributed by atoms with van der Waals surface area (Å²) >= 11 is 0. The number of ether oxygens (including phenoxy) is 1. The number of carbonyl (C=O) groups is 1. The molecule has 0 aliphatic carbocycles. The van der Waals surface area contributed by atoms with Gasteiger partial charge < -0.3 is 26.4 Å². The number of aromatic nitrogens is 2. The van der Waals surface area contributed by atoms with Gasteiger partial charge in [0.1, 0.15) is 0 Å². The molecule has 8 nitrogen and oxygen atoms in total. The van der Waals surface area contributed by atoms with Gasteiger partial charge in [-0.05, 0) is 50.4 Å². The molecule has 1 aromatic carbocycles. The smallest absolute Gasteiger partial charge is 0.271 e. The van der Waals surface area contributed by atoms with Gasteiger partial charge in [-0.1, -0.05) is 31.8 Å². The molecule has 1 saturated heterocycles. The Labute approximate surface area is 189 Å². The monoisotopic (exact) mass is 436 g/mol. The highest BCUT2D eigenvalue weighted by molar-refractivity contribution is 5.96. The summed E-state index contributed by atoms with van der Waals surface area (Å²) in [6.07, 6.45) is 3.51. The average Bonchev–Trinajstić information content (AvgIpc) is 2.80. The quantitative estimate of drug-likeness (QED) is 0.353. The number of primary amides is 1. The van der Waals surface area contributed by atoms with Crippen LogP contribution in [0.5, 0.6) is 0 Å². The first kappa shape index (κ1) is 23.5. The lowest BCUT2D eigenvalue weighted by molar-refractivity contribution is 0.0903. The Morgan fingerprint density at radius 3 is 2.75 bits per heavy atom. The van der Waals surface area contributed by atoms with Crippen molar-refractivity contribution >= 4 is 23.2 Å². The summed E-state index contributed by atoms with van der Waals surface area (Å²) in [6.45, 7) is 7.13. The van der Waals surface area contributed by atoms with Gasteiger partial charge in [0.05, 0.1) is 12.2 Å². The summed E-state index contributed by atoms with van der Waals surface area (Å²) in [7, 11) is 0. The molecule has 0 radical (unpaired) electrons. The second-order valence-electron chi connectivity index (χ2n) is 7.65. The minimum atomic E-state index is -0.620. The summed E-state index contributed by atoms with van der Waals surface area (Å²) in [4.78, 5) is 21.3. The third-order valence-corrected chi connectivity index (χ3v) is 5.10. The Hall–Kier alpha value is -3.15. The van der Waals surface area contributed by atoms with Crippen LogP contribution in [0.25, 0.3) is 0 Å². The maximum atomic E-state index is 12.1. The first-order valence-electron chi connectivity index (χ1n) is 11.2. The Bertz CT molecular complexity index is 976. The number of benzene rings is 1. The lowest BCUT2D eigenvalue weighted by Crippen LogP contribution is -2.29. The van der Waals surface area contributed by atoms with Gasteiger partial charge in [-0.15, -0.1) is 0 Å². The van der Waals surface area contributed by atoms with E-state index in [-0.39, 0.29) is 11.7 Å². The Morgan fingerprint density at radius 2 is 2.03 bits per heavy atom. The van der Waals surface area contributed by atoms with E-state index >= 15 is 0 Å². The summed E-state index contributed by atoms with van der Waals surface area (Å²) in [5.74, 6) is 6.65. The van der Waals surface area contributed by atoms with E-state index in [2.05, 4.69) is 39.7 Å². The highest BCUT2D eigenvalue weighted by Gasteiger charge is 2.20. The molecule has 5 N–H and O–H groups in total. The third kappa shape index (κ3) is 6.67. The molecule has 1 amide bonds. The molecule has 0 bridgehead atoms. The van der Waals surface area contributed by atoms with Crippen LogP contribution in [-0.2, 0) is 11.2 Å². The predicted molar refractivity (Wildman–Crippen MR) is 127 cm³/mol. The molecule has 0 unspecified atom stereocenters. The van der Waals surface area contributed by atoms with E-state index in [1.54, 1.807) is 0 Å². The zero-order valence-corrected chi connectivity index (χ0v) is 18.8. The molecule has 0 spiro atoms. The maximum absolute atomic E-state index is 12.1. The first-order chi connectivity index (χ1) is 15.6. The van der Waals surface area contributed by atoms with Gasteiger partial charge in [0, 0.05) is 30.5 Å². The van der Waals surface area contributed by atoms with Crippen LogP contribution in [0.15, 0.2) is 24.3 Å². The van der Waals surface area contributed by atoms with E-state index in [9.17, 15) is 4.79 Å². The van der Waals surface area contributed by atoms with Crippen molar-refractivity contribution in [2.75, 3.05) is 36.9 Å². The minimum absolute atomic E-state index is 0.125. The van der Waals surface area contributed by atoms with E-state index in [1.165, 1.54) is 0 Å². The summed E-state index contributed by atoms with van der Waals surface area (Å²) < 4.78 is 5.44. The number of nitrogens with one attached hydrogen (secondary N) is 3. The molecule has 1 fully saturated rings. The van der Waals surface area contributed by atoms with E-state index in [4.69, 9.17) is 15.5 Å². The van der Waals surface area contributed by atoms with Crippen LogP contribution in [0.2, 0.25) is 0 Å². The van der Waals surface area contributed by atoms with Crippen LogP contribution in [-0.4, -0.2) is 48.2 Å². The zero-order valence-electron chi connectivity index (χ0n) is 18.8. The number of hydrogen-bond donors (Lipinski definition) is 4. The van der Waals surface area contributed by atoms with Crippen molar-refractivity contribution in [3.05, 3.63) is 41.2 Å². The number of rotatable bonds is 9. The molecular weight excluding hydrogens is 404 g/mol. The number of aryl methyl sites for hydroxylation is 1. The van der Waals surface area contributed by atoms with Gasteiger partial charge in [0.25, 0.3) is 5.91 Å². The van der Waals surface area contributed by atoms with Crippen molar-refractivity contribution < 1.29 is 9.53 Å². The van der Waals surface area contributed by atoms with Crippen LogP contribution in [0, 0.1) is 11.8 Å². The van der Waals surface area contributed by atoms with Gasteiger partial charge in [-0.3, -0.25) is 4.79 Å². The molecule has 1 aliphatic heterocycles. The summed E-state index contributed by atoms with van der Waals surface area (Å²) in [5, 5.41) is 9.94. The number of anilines is 3. The lowest BCUT2D eigenvalue weighted by atomic mass is 10.1. The average molecular weight is 437 g/mol. The molecule has 1 aliphatic rings. The number of carbonyl (C=O) groups excluding carboxylic acids is 1. The largest absolute Gasteiger partial charge is 0.381 e. The van der Waals surface area contributed by atoms with E-state index < -0.39 is 5.91 Å². The van der Waals surface area contributed by atoms with Gasteiger partial charge in [-0.25, -0.2) is 9.97 Å². The summed E-state index contributed by atoms with van der Waals surface area (Å²) in [5.41, 5.74) is 8.09. The van der Waals surface area contributed by atoms with Crippen LogP contribution >= 0.6 is 0 Å². The Kier molecular flexibility index (Phi) is 8.84. The number of hydrogen-bond acceptors (Lipinski definition) is 7. The molecule has 3 rings (SSSR count). The third-order valence-electron chi connectivity index (χ3n) is 5.10. The molecule has 2 heterocycles. The fraction of sp³-hybridized carbons (Fsp3) is 0.458. The highest BCUT2D eigenvalue weighted by Crippen LogP contribution is 2.24. The molecular formula is C24H32N6O2. The fourth-order valence-electron chi connectivity index (χ4n) is 3.41. The summed E-state index contributed by atoms with van der Waals surface area (Å²) in [6, 6.07) is 7.92. The fourth-order valence-corrected chi connectivity index (χ4v) is 3.41. The molecule has 8 heteroatoms.